The Morgan fingerprint density at radius 1 is 1.14 bits per heavy atom. The monoisotopic (exact) mass is 300 g/mol. The first-order valence-corrected chi connectivity index (χ1v) is 6.58. The van der Waals surface area contributed by atoms with E-state index in [-0.39, 0.29) is 17.1 Å². The molecule has 0 aromatic heterocycles. The van der Waals surface area contributed by atoms with Gasteiger partial charge in [0.2, 0.25) is 0 Å². The van der Waals surface area contributed by atoms with Crippen LogP contribution in [-0.2, 0) is 4.79 Å². The van der Waals surface area contributed by atoms with Crippen LogP contribution in [0.4, 0.5) is 0 Å². The number of aromatic hydroxyl groups is 2. The van der Waals surface area contributed by atoms with Crippen LogP contribution >= 0.6 is 0 Å². The quantitative estimate of drug-likeness (QED) is 0.392. The van der Waals surface area contributed by atoms with E-state index in [1.54, 1.807) is 37.3 Å². The van der Waals surface area contributed by atoms with E-state index in [1.807, 2.05) is 0 Å². The third-order valence-electron chi connectivity index (χ3n) is 3.07. The molecule has 1 atom stereocenters. The Bertz CT molecular complexity index is 699. The predicted octanol–water partition coefficient (Wildman–Crippen LogP) is 1.67. The van der Waals surface area contributed by atoms with Gasteiger partial charge in [-0.25, -0.2) is 5.43 Å². The van der Waals surface area contributed by atoms with Crippen LogP contribution in [-0.4, -0.2) is 26.9 Å². The van der Waals surface area contributed by atoms with Gasteiger partial charge in [-0.15, -0.1) is 0 Å². The fraction of sp³-hybridized carbons (Fsp3) is 0.125. The van der Waals surface area contributed by atoms with Crippen molar-refractivity contribution < 1.29 is 20.1 Å². The summed E-state index contributed by atoms with van der Waals surface area (Å²) in [7, 11) is 0. The van der Waals surface area contributed by atoms with Crippen LogP contribution in [0, 0.1) is 0 Å². The molecule has 6 heteroatoms. The highest BCUT2D eigenvalue weighted by Gasteiger charge is 2.16. The Morgan fingerprint density at radius 2 is 1.82 bits per heavy atom. The number of aliphatic hydroxyl groups excluding tert-OH is 1. The van der Waals surface area contributed by atoms with E-state index in [0.29, 0.717) is 11.3 Å². The summed E-state index contributed by atoms with van der Waals surface area (Å²) in [5.41, 5.74) is 3.26. The van der Waals surface area contributed by atoms with Crippen LogP contribution in [0.15, 0.2) is 53.6 Å². The number of hydrazone groups is 1. The fourth-order valence-electron chi connectivity index (χ4n) is 1.86. The summed E-state index contributed by atoms with van der Waals surface area (Å²) in [6.45, 7) is 1.56. The number of carbonyl (C=O) groups is 1. The Labute approximate surface area is 127 Å². The average Bonchev–Trinajstić information content (AvgIpc) is 2.54. The zero-order chi connectivity index (χ0) is 16.1. The molecule has 0 saturated carbocycles. The third kappa shape index (κ3) is 3.62. The zero-order valence-electron chi connectivity index (χ0n) is 11.9. The number of phenolic OH excluding ortho intramolecular Hbond substituents is 2. The van der Waals surface area contributed by atoms with Crippen molar-refractivity contribution in [3.8, 4) is 11.5 Å². The number of nitrogens with zero attached hydrogens (tertiary/aromatic N) is 1. The van der Waals surface area contributed by atoms with Crippen LogP contribution in [0.2, 0.25) is 0 Å². The van der Waals surface area contributed by atoms with Gasteiger partial charge in [-0.1, -0.05) is 30.3 Å². The van der Waals surface area contributed by atoms with Crippen molar-refractivity contribution >= 4 is 11.6 Å². The highest BCUT2D eigenvalue weighted by molar-refractivity contribution is 6.01. The van der Waals surface area contributed by atoms with Gasteiger partial charge < -0.3 is 15.3 Å². The minimum absolute atomic E-state index is 0.0296. The number of hydrogen-bond acceptors (Lipinski definition) is 5. The summed E-state index contributed by atoms with van der Waals surface area (Å²) in [5, 5.41) is 32.8. The minimum atomic E-state index is -1.34. The molecule has 0 saturated heterocycles. The minimum Gasteiger partial charge on any atom is -0.508 e. The fourth-order valence-corrected chi connectivity index (χ4v) is 1.86. The van der Waals surface area contributed by atoms with Crippen molar-refractivity contribution in [2.45, 2.75) is 13.0 Å². The van der Waals surface area contributed by atoms with Crippen LogP contribution in [0.1, 0.15) is 24.2 Å². The van der Waals surface area contributed by atoms with E-state index in [1.165, 1.54) is 18.2 Å². The maximum Gasteiger partial charge on any atom is 0.273 e. The average molecular weight is 300 g/mol. The lowest BCUT2D eigenvalue weighted by Crippen LogP contribution is -2.26. The topological polar surface area (TPSA) is 102 Å². The van der Waals surface area contributed by atoms with E-state index in [9.17, 15) is 20.1 Å². The molecular formula is C16H16N2O4. The summed E-state index contributed by atoms with van der Waals surface area (Å²) in [4.78, 5) is 11.9. The van der Waals surface area contributed by atoms with Gasteiger partial charge in [0, 0.05) is 5.56 Å². The summed E-state index contributed by atoms with van der Waals surface area (Å²) in [6.07, 6.45) is -1.34. The van der Waals surface area contributed by atoms with Crippen molar-refractivity contribution in [2.75, 3.05) is 0 Å². The Morgan fingerprint density at radius 3 is 2.50 bits per heavy atom. The normalized spacial score (nSPS) is 12.7. The molecule has 6 nitrogen and oxygen atoms in total. The number of phenols is 2. The van der Waals surface area contributed by atoms with Gasteiger partial charge in [0.1, 0.15) is 11.5 Å². The molecule has 0 fully saturated rings. The molecule has 114 valence electrons. The maximum absolute atomic E-state index is 11.9. The standard InChI is InChI=1S/C16H16N2O4/c1-10(13-9-12(19)7-8-14(13)20)17-18-16(22)15(21)11-5-3-2-4-6-11/h2-9,15,19-21H,1H3,(H,18,22)/b17-10-/t15-/m1/s1. The molecule has 0 aliphatic rings. The van der Waals surface area contributed by atoms with Crippen LogP contribution < -0.4 is 5.43 Å². The lowest BCUT2D eigenvalue weighted by Gasteiger charge is -2.10. The lowest BCUT2D eigenvalue weighted by atomic mass is 10.1. The van der Waals surface area contributed by atoms with Gasteiger partial charge in [0.05, 0.1) is 5.71 Å². The van der Waals surface area contributed by atoms with Crippen LogP contribution in [0.5, 0.6) is 11.5 Å². The van der Waals surface area contributed by atoms with Gasteiger partial charge in [-0.05, 0) is 30.7 Å². The van der Waals surface area contributed by atoms with Crippen molar-refractivity contribution in [2.24, 2.45) is 5.10 Å². The predicted molar refractivity (Wildman–Crippen MR) is 81.5 cm³/mol. The van der Waals surface area contributed by atoms with E-state index >= 15 is 0 Å². The third-order valence-corrected chi connectivity index (χ3v) is 3.07. The van der Waals surface area contributed by atoms with E-state index in [0.717, 1.165) is 0 Å². The highest BCUT2D eigenvalue weighted by atomic mass is 16.3. The molecular weight excluding hydrogens is 284 g/mol. The first kappa shape index (κ1) is 15.5. The number of rotatable bonds is 4. The highest BCUT2D eigenvalue weighted by Crippen LogP contribution is 2.22. The van der Waals surface area contributed by atoms with Gasteiger partial charge >= 0.3 is 0 Å². The van der Waals surface area contributed by atoms with Gasteiger partial charge in [-0.2, -0.15) is 5.10 Å². The second kappa shape index (κ2) is 6.73. The molecule has 1 amide bonds. The van der Waals surface area contributed by atoms with Gasteiger partial charge in [-0.3, -0.25) is 4.79 Å². The summed E-state index contributed by atoms with van der Waals surface area (Å²) < 4.78 is 0. The van der Waals surface area contributed by atoms with Crippen molar-refractivity contribution in [3.05, 3.63) is 59.7 Å². The molecule has 2 aromatic rings. The molecule has 4 N–H and O–H groups in total. The van der Waals surface area contributed by atoms with Gasteiger partial charge in [0.25, 0.3) is 5.91 Å². The molecule has 22 heavy (non-hydrogen) atoms. The Hall–Kier alpha value is -2.86. The number of hydrogen-bond donors (Lipinski definition) is 4. The number of nitrogens with one attached hydrogen (secondary N) is 1. The molecule has 0 unspecified atom stereocenters. The number of amides is 1. The molecule has 0 aliphatic carbocycles. The second-order valence-electron chi connectivity index (χ2n) is 4.69. The van der Waals surface area contributed by atoms with Gasteiger partial charge in [0.15, 0.2) is 6.10 Å². The summed E-state index contributed by atoms with van der Waals surface area (Å²) in [6, 6.07) is 12.4. The second-order valence-corrected chi connectivity index (χ2v) is 4.69. The van der Waals surface area contributed by atoms with E-state index in [4.69, 9.17) is 0 Å². The summed E-state index contributed by atoms with van der Waals surface area (Å²) >= 11 is 0. The summed E-state index contributed by atoms with van der Waals surface area (Å²) in [5.74, 6) is -0.792. The number of benzene rings is 2. The van der Waals surface area contributed by atoms with E-state index < -0.39 is 12.0 Å². The number of carbonyl (C=O) groups excluding carboxylic acids is 1. The Kier molecular flexibility index (Phi) is 4.75. The maximum atomic E-state index is 11.9. The van der Waals surface area contributed by atoms with Crippen molar-refractivity contribution in [3.63, 3.8) is 0 Å². The van der Waals surface area contributed by atoms with Crippen molar-refractivity contribution in [1.29, 1.82) is 0 Å². The first-order valence-electron chi connectivity index (χ1n) is 6.58. The molecule has 0 spiro atoms. The molecule has 0 heterocycles. The van der Waals surface area contributed by atoms with Crippen LogP contribution in [0.3, 0.4) is 0 Å². The molecule has 2 rings (SSSR count). The Balaban J connectivity index is 2.10. The first-order chi connectivity index (χ1) is 10.5. The zero-order valence-corrected chi connectivity index (χ0v) is 11.9. The van der Waals surface area contributed by atoms with E-state index in [2.05, 4.69) is 10.5 Å². The molecule has 0 aliphatic heterocycles. The molecule has 0 bridgehead atoms. The largest absolute Gasteiger partial charge is 0.508 e. The SMILES string of the molecule is C/C(=N/NC(=O)[C@H](O)c1ccccc1)c1cc(O)ccc1O. The van der Waals surface area contributed by atoms with Crippen molar-refractivity contribution in [1.82, 2.24) is 5.43 Å². The molecule has 0 radical (unpaired) electrons. The van der Waals surface area contributed by atoms with Crippen LogP contribution in [0.25, 0.3) is 0 Å². The smallest absolute Gasteiger partial charge is 0.273 e. The molecule has 2 aromatic carbocycles. The lowest BCUT2D eigenvalue weighted by molar-refractivity contribution is -0.129. The number of aliphatic hydroxyl groups is 1.